The van der Waals surface area contributed by atoms with Crippen LogP contribution < -0.4 is 0 Å². The van der Waals surface area contributed by atoms with Gasteiger partial charge in [0.25, 0.3) is 0 Å². The Bertz CT molecular complexity index is 564. The molecule has 0 radical (unpaired) electrons. The van der Waals surface area contributed by atoms with E-state index in [2.05, 4.69) is 23.9 Å². The number of carboxylic acids is 2. The summed E-state index contributed by atoms with van der Waals surface area (Å²) in [6.45, 7) is 0. The largest absolute Gasteiger partial charge is 0.478 e. The summed E-state index contributed by atoms with van der Waals surface area (Å²) in [6, 6.07) is 1.60. The average Bonchev–Trinajstić information content (AvgIpc) is 2.94. The number of aliphatic carboxylic acids is 2. The molecule has 0 aromatic carbocycles. The Morgan fingerprint density at radius 1 is 0.654 bits per heavy atom. The van der Waals surface area contributed by atoms with Crippen molar-refractivity contribution in [1.82, 2.24) is 9.80 Å². The molecule has 4 aliphatic rings. The fourth-order valence-corrected chi connectivity index (χ4v) is 6.31. The highest BCUT2D eigenvalue weighted by molar-refractivity contribution is 5.99. The van der Waals surface area contributed by atoms with E-state index in [-0.39, 0.29) is 23.0 Å². The Morgan fingerprint density at radius 2 is 0.923 bits per heavy atom. The fraction of sp³-hybridized carbons (Fsp3) is 0.800. The van der Waals surface area contributed by atoms with Crippen LogP contribution in [0.2, 0.25) is 0 Å². The van der Waals surface area contributed by atoms with Crippen molar-refractivity contribution in [3.8, 4) is 0 Å². The third-order valence-electron chi connectivity index (χ3n) is 7.76. The van der Waals surface area contributed by atoms with Crippen LogP contribution in [0, 0.1) is 11.8 Å². The molecule has 26 heavy (non-hydrogen) atoms. The minimum absolute atomic E-state index is 0.121. The highest BCUT2D eigenvalue weighted by atomic mass is 16.4. The van der Waals surface area contributed by atoms with E-state index in [1.54, 1.807) is 0 Å². The molecule has 4 aliphatic heterocycles. The zero-order valence-corrected chi connectivity index (χ0v) is 15.7. The van der Waals surface area contributed by atoms with Crippen LogP contribution in [0.3, 0.4) is 0 Å². The maximum absolute atomic E-state index is 12.2. The van der Waals surface area contributed by atoms with Crippen molar-refractivity contribution in [1.29, 1.82) is 0 Å². The van der Waals surface area contributed by atoms with E-state index in [4.69, 9.17) is 0 Å². The Hall–Kier alpha value is -1.40. The normalized spacial score (nSPS) is 41.2. The first-order valence-electron chi connectivity index (χ1n) is 10.0. The van der Waals surface area contributed by atoms with Crippen molar-refractivity contribution < 1.29 is 19.8 Å². The lowest BCUT2D eigenvalue weighted by molar-refractivity contribution is -0.137. The molecule has 2 N–H and O–H groups in total. The van der Waals surface area contributed by atoms with Gasteiger partial charge < -0.3 is 20.0 Å². The molecule has 144 valence electrons. The number of carbonyl (C=O) groups is 2. The van der Waals surface area contributed by atoms with E-state index in [0.717, 1.165) is 51.4 Å². The summed E-state index contributed by atoms with van der Waals surface area (Å²) >= 11 is 0. The minimum Gasteiger partial charge on any atom is -0.478 e. The predicted octanol–water partition coefficient (Wildman–Crippen LogP) is 2.20. The van der Waals surface area contributed by atoms with Gasteiger partial charge in [-0.25, -0.2) is 9.59 Å². The fourth-order valence-electron chi connectivity index (χ4n) is 6.31. The van der Waals surface area contributed by atoms with Crippen LogP contribution in [0.15, 0.2) is 11.1 Å². The van der Waals surface area contributed by atoms with Gasteiger partial charge in [-0.15, -0.1) is 0 Å². The van der Waals surface area contributed by atoms with E-state index in [0.29, 0.717) is 24.2 Å². The Morgan fingerprint density at radius 3 is 1.15 bits per heavy atom. The van der Waals surface area contributed by atoms with Crippen molar-refractivity contribution in [2.45, 2.75) is 75.5 Å². The summed E-state index contributed by atoms with van der Waals surface area (Å²) in [4.78, 5) is 29.1. The van der Waals surface area contributed by atoms with Crippen molar-refractivity contribution in [3.63, 3.8) is 0 Å². The van der Waals surface area contributed by atoms with Crippen LogP contribution in [0.5, 0.6) is 0 Å². The number of piperidine rings is 2. The molecule has 4 saturated heterocycles. The molecule has 0 aliphatic carbocycles. The molecule has 0 aromatic rings. The summed E-state index contributed by atoms with van der Waals surface area (Å²) < 4.78 is 0. The van der Waals surface area contributed by atoms with Gasteiger partial charge in [-0.1, -0.05) is 0 Å². The van der Waals surface area contributed by atoms with E-state index >= 15 is 0 Å². The standard InChI is InChI=1S/C20H30N2O4/c1-21-13-3-4-14(21)8-11(7-13)17(19(23)24)18(20(25)26)12-9-15-5-6-16(10-12)22(15)2/h11-16H,3-10H2,1-2H3,(H,23,24)(H,25,26)/b18-17+/t11?,12?,13-,14+,15-,16+. The lowest BCUT2D eigenvalue weighted by atomic mass is 9.76. The van der Waals surface area contributed by atoms with Gasteiger partial charge in [0.05, 0.1) is 11.1 Å². The Kier molecular flexibility index (Phi) is 4.59. The Balaban J connectivity index is 1.68. The van der Waals surface area contributed by atoms with Gasteiger partial charge >= 0.3 is 11.9 Å². The molecule has 2 unspecified atom stereocenters. The minimum atomic E-state index is -1.01. The summed E-state index contributed by atoms with van der Waals surface area (Å²) in [5.41, 5.74) is 0.438. The van der Waals surface area contributed by atoms with Gasteiger partial charge in [0.15, 0.2) is 0 Å². The lowest BCUT2D eigenvalue weighted by Gasteiger charge is -2.39. The molecule has 6 heteroatoms. The lowest BCUT2D eigenvalue weighted by Crippen LogP contribution is -2.43. The van der Waals surface area contributed by atoms with Crippen LogP contribution >= 0.6 is 0 Å². The van der Waals surface area contributed by atoms with Crippen LogP contribution in [-0.2, 0) is 9.59 Å². The van der Waals surface area contributed by atoms with E-state index in [1.807, 2.05) is 0 Å². The number of rotatable bonds is 4. The van der Waals surface area contributed by atoms with Crippen molar-refractivity contribution in [2.24, 2.45) is 11.8 Å². The van der Waals surface area contributed by atoms with Crippen molar-refractivity contribution in [2.75, 3.05) is 14.1 Å². The number of nitrogens with zero attached hydrogens (tertiary/aromatic N) is 2. The quantitative estimate of drug-likeness (QED) is 0.746. The third-order valence-corrected chi connectivity index (χ3v) is 7.76. The first-order valence-corrected chi connectivity index (χ1v) is 10.0. The topological polar surface area (TPSA) is 81.1 Å². The van der Waals surface area contributed by atoms with Gasteiger partial charge in [-0.05, 0) is 77.3 Å². The molecule has 0 amide bonds. The van der Waals surface area contributed by atoms with Gasteiger partial charge in [-0.3, -0.25) is 0 Å². The third kappa shape index (κ3) is 2.87. The van der Waals surface area contributed by atoms with Crippen molar-refractivity contribution >= 4 is 11.9 Å². The second-order valence-electron chi connectivity index (χ2n) is 8.88. The maximum Gasteiger partial charge on any atom is 0.332 e. The highest BCUT2D eigenvalue weighted by Gasteiger charge is 2.46. The summed E-state index contributed by atoms with van der Waals surface area (Å²) in [6.07, 6.45) is 7.54. The second kappa shape index (κ2) is 6.64. The van der Waals surface area contributed by atoms with Gasteiger partial charge in [-0.2, -0.15) is 0 Å². The first-order chi connectivity index (χ1) is 12.4. The van der Waals surface area contributed by atoms with Crippen molar-refractivity contribution in [3.05, 3.63) is 11.1 Å². The molecule has 6 atom stereocenters. The maximum atomic E-state index is 12.2. The molecule has 6 nitrogen and oxygen atoms in total. The number of fused-ring (bicyclic) bond motifs is 4. The van der Waals surface area contributed by atoms with Crippen LogP contribution in [0.25, 0.3) is 0 Å². The Labute approximate surface area is 154 Å². The first kappa shape index (κ1) is 18.0. The predicted molar refractivity (Wildman–Crippen MR) is 96.9 cm³/mol. The van der Waals surface area contributed by atoms with Crippen LogP contribution in [0.1, 0.15) is 51.4 Å². The smallest absolute Gasteiger partial charge is 0.332 e. The molecular formula is C20H30N2O4. The van der Waals surface area contributed by atoms with Crippen LogP contribution in [-0.4, -0.2) is 70.2 Å². The molecule has 4 heterocycles. The molecule has 4 rings (SSSR count). The SMILES string of the molecule is CN1[C@@H]2CC[C@H]1CC(/C(C(=O)O)=C(\C(=O)O)C1C[C@H]3CC[C@@H](C1)N3C)C2. The zero-order valence-electron chi connectivity index (χ0n) is 15.7. The molecule has 0 spiro atoms. The summed E-state index contributed by atoms with van der Waals surface area (Å²) in [5, 5.41) is 20.0. The number of hydrogen-bond donors (Lipinski definition) is 2. The summed E-state index contributed by atoms with van der Waals surface area (Å²) in [5.74, 6) is -2.26. The van der Waals surface area contributed by atoms with E-state index in [9.17, 15) is 19.8 Å². The van der Waals surface area contributed by atoms with Gasteiger partial charge in [0, 0.05) is 24.2 Å². The zero-order chi connectivity index (χ0) is 18.6. The van der Waals surface area contributed by atoms with E-state index in [1.165, 1.54) is 0 Å². The molecule has 4 bridgehead atoms. The molecule has 0 aromatic heterocycles. The second-order valence-corrected chi connectivity index (χ2v) is 8.88. The highest BCUT2D eigenvalue weighted by Crippen LogP contribution is 2.45. The number of carboxylic acid groups (broad SMARTS) is 2. The van der Waals surface area contributed by atoms with E-state index < -0.39 is 11.9 Å². The average molecular weight is 362 g/mol. The summed E-state index contributed by atoms with van der Waals surface area (Å²) in [7, 11) is 4.24. The molecular weight excluding hydrogens is 332 g/mol. The number of hydrogen-bond acceptors (Lipinski definition) is 4. The monoisotopic (exact) mass is 362 g/mol. The van der Waals surface area contributed by atoms with Gasteiger partial charge in [0.1, 0.15) is 0 Å². The van der Waals surface area contributed by atoms with Crippen LogP contribution in [0.4, 0.5) is 0 Å². The van der Waals surface area contributed by atoms with Gasteiger partial charge in [0.2, 0.25) is 0 Å². The molecule has 0 saturated carbocycles. The molecule has 4 fully saturated rings.